The van der Waals surface area contributed by atoms with Gasteiger partial charge in [0.2, 0.25) is 5.91 Å². The minimum atomic E-state index is -3.38. The van der Waals surface area contributed by atoms with Gasteiger partial charge in [0, 0.05) is 25.4 Å². The van der Waals surface area contributed by atoms with Crippen LogP contribution in [0.25, 0.3) is 0 Å². The van der Waals surface area contributed by atoms with E-state index in [1.165, 1.54) is 18.3 Å². The molecule has 1 amide bonds. The summed E-state index contributed by atoms with van der Waals surface area (Å²) in [5, 5.41) is 3.38. The van der Waals surface area contributed by atoms with E-state index in [1.807, 2.05) is 0 Å². The third-order valence-corrected chi connectivity index (χ3v) is 6.65. The highest BCUT2D eigenvalue weighted by molar-refractivity contribution is 7.92. The second-order valence-electron chi connectivity index (χ2n) is 5.96. The molecule has 0 N–H and O–H groups in total. The molecule has 0 radical (unpaired) electrons. The SMILES string of the molecule is O=C(Cn1ncccc1=O)N1CCC(S(=O)(=O)c2ccccc2)CC1. The quantitative estimate of drug-likeness (QED) is 0.800. The minimum Gasteiger partial charge on any atom is -0.341 e. The summed E-state index contributed by atoms with van der Waals surface area (Å²) in [5.41, 5.74) is -0.336. The first-order chi connectivity index (χ1) is 12.0. The van der Waals surface area contributed by atoms with Gasteiger partial charge in [-0.1, -0.05) is 18.2 Å². The Morgan fingerprint density at radius 1 is 1.08 bits per heavy atom. The number of likely N-dealkylation sites (tertiary alicyclic amines) is 1. The van der Waals surface area contributed by atoms with Crippen molar-refractivity contribution in [3.05, 3.63) is 59.0 Å². The number of carbonyl (C=O) groups excluding carboxylic acids is 1. The Bertz CT molecular complexity index is 901. The summed E-state index contributed by atoms with van der Waals surface area (Å²) < 4.78 is 26.4. The van der Waals surface area contributed by atoms with Crippen LogP contribution in [-0.2, 0) is 21.2 Å². The van der Waals surface area contributed by atoms with Crippen LogP contribution < -0.4 is 5.56 Å². The van der Waals surface area contributed by atoms with Crippen LogP contribution in [0.15, 0.2) is 58.4 Å². The van der Waals surface area contributed by atoms with E-state index in [-0.39, 0.29) is 18.0 Å². The van der Waals surface area contributed by atoms with Gasteiger partial charge in [0.25, 0.3) is 5.56 Å². The highest BCUT2D eigenvalue weighted by Gasteiger charge is 2.32. The molecule has 0 atom stereocenters. The first-order valence-corrected chi connectivity index (χ1v) is 9.62. The summed E-state index contributed by atoms with van der Waals surface area (Å²) in [6.07, 6.45) is 2.23. The van der Waals surface area contributed by atoms with Gasteiger partial charge in [-0.2, -0.15) is 5.10 Å². The molecule has 3 rings (SSSR count). The highest BCUT2D eigenvalue weighted by atomic mass is 32.2. The predicted molar refractivity (Wildman–Crippen MR) is 91.7 cm³/mol. The lowest BCUT2D eigenvalue weighted by Gasteiger charge is -2.31. The number of piperidine rings is 1. The summed E-state index contributed by atoms with van der Waals surface area (Å²) >= 11 is 0. The highest BCUT2D eigenvalue weighted by Crippen LogP contribution is 2.24. The second-order valence-corrected chi connectivity index (χ2v) is 8.19. The molecule has 132 valence electrons. The zero-order valence-corrected chi connectivity index (χ0v) is 14.4. The Balaban J connectivity index is 1.63. The van der Waals surface area contributed by atoms with Crippen molar-refractivity contribution in [2.24, 2.45) is 0 Å². The average molecular weight is 361 g/mol. The first kappa shape index (κ1) is 17.3. The standard InChI is InChI=1S/C17H19N3O4S/c21-16-7-4-10-18-20(16)13-17(22)19-11-8-15(9-12-19)25(23,24)14-5-2-1-3-6-14/h1-7,10,15H,8-9,11-13H2. The van der Waals surface area contributed by atoms with Crippen LogP contribution in [0.1, 0.15) is 12.8 Å². The molecule has 2 heterocycles. The Labute approximate surface area is 145 Å². The van der Waals surface area contributed by atoms with Crippen molar-refractivity contribution >= 4 is 15.7 Å². The molecule has 1 fully saturated rings. The molecule has 0 bridgehead atoms. The smallest absolute Gasteiger partial charge is 0.267 e. The van der Waals surface area contributed by atoms with Crippen LogP contribution in [0.2, 0.25) is 0 Å². The van der Waals surface area contributed by atoms with Crippen LogP contribution in [0, 0.1) is 0 Å². The van der Waals surface area contributed by atoms with Crippen LogP contribution in [-0.4, -0.2) is 47.3 Å². The Morgan fingerprint density at radius 3 is 2.40 bits per heavy atom. The molecule has 25 heavy (non-hydrogen) atoms. The van der Waals surface area contributed by atoms with E-state index in [4.69, 9.17) is 0 Å². The van der Waals surface area contributed by atoms with Crippen molar-refractivity contribution in [3.8, 4) is 0 Å². The number of sulfone groups is 1. The number of hydrogen-bond donors (Lipinski definition) is 0. The normalized spacial score (nSPS) is 15.9. The molecule has 0 aliphatic carbocycles. The van der Waals surface area contributed by atoms with Gasteiger partial charge in [0.15, 0.2) is 9.84 Å². The van der Waals surface area contributed by atoms with Gasteiger partial charge in [0.05, 0.1) is 10.1 Å². The summed E-state index contributed by atoms with van der Waals surface area (Å²) in [4.78, 5) is 25.9. The van der Waals surface area contributed by atoms with Gasteiger partial charge in [-0.3, -0.25) is 9.59 Å². The Kier molecular flexibility index (Phi) is 4.98. The lowest BCUT2D eigenvalue weighted by atomic mass is 10.1. The van der Waals surface area contributed by atoms with Gasteiger partial charge in [-0.05, 0) is 31.0 Å². The van der Waals surface area contributed by atoms with Gasteiger partial charge in [0.1, 0.15) is 6.54 Å². The molecule has 1 aliphatic heterocycles. The number of rotatable bonds is 4. The van der Waals surface area contributed by atoms with Crippen molar-refractivity contribution in [2.75, 3.05) is 13.1 Å². The fraction of sp³-hybridized carbons (Fsp3) is 0.353. The monoisotopic (exact) mass is 361 g/mol. The van der Waals surface area contributed by atoms with Crippen molar-refractivity contribution in [1.82, 2.24) is 14.7 Å². The van der Waals surface area contributed by atoms with E-state index < -0.39 is 15.1 Å². The number of carbonyl (C=O) groups is 1. The number of hydrogen-bond acceptors (Lipinski definition) is 5. The van der Waals surface area contributed by atoms with E-state index in [0.29, 0.717) is 30.8 Å². The summed E-state index contributed by atoms with van der Waals surface area (Å²) in [6.45, 7) is 0.587. The third kappa shape index (κ3) is 3.79. The molecular formula is C17H19N3O4S. The Hall–Kier alpha value is -2.48. The molecular weight excluding hydrogens is 342 g/mol. The number of amides is 1. The van der Waals surface area contributed by atoms with E-state index in [1.54, 1.807) is 35.2 Å². The molecule has 1 aliphatic rings. The molecule has 1 saturated heterocycles. The molecule has 8 heteroatoms. The van der Waals surface area contributed by atoms with Crippen molar-refractivity contribution in [3.63, 3.8) is 0 Å². The van der Waals surface area contributed by atoms with Crippen LogP contribution in [0.4, 0.5) is 0 Å². The predicted octanol–water partition coefficient (Wildman–Crippen LogP) is 0.708. The van der Waals surface area contributed by atoms with Crippen molar-refractivity contribution in [2.45, 2.75) is 29.5 Å². The maximum Gasteiger partial charge on any atom is 0.267 e. The lowest BCUT2D eigenvalue weighted by Crippen LogP contribution is -2.44. The maximum absolute atomic E-state index is 12.6. The van der Waals surface area contributed by atoms with Crippen molar-refractivity contribution < 1.29 is 13.2 Å². The van der Waals surface area contributed by atoms with Crippen LogP contribution in [0.5, 0.6) is 0 Å². The zero-order valence-electron chi connectivity index (χ0n) is 13.6. The molecule has 7 nitrogen and oxygen atoms in total. The largest absolute Gasteiger partial charge is 0.341 e. The zero-order chi connectivity index (χ0) is 17.9. The minimum absolute atomic E-state index is 0.129. The summed E-state index contributed by atoms with van der Waals surface area (Å²) in [7, 11) is -3.38. The molecule has 0 unspecified atom stereocenters. The van der Waals surface area contributed by atoms with E-state index in [9.17, 15) is 18.0 Å². The fourth-order valence-electron chi connectivity index (χ4n) is 2.95. The fourth-order valence-corrected chi connectivity index (χ4v) is 4.71. The molecule has 2 aromatic rings. The lowest BCUT2D eigenvalue weighted by molar-refractivity contribution is -0.132. The summed E-state index contributed by atoms with van der Waals surface area (Å²) in [6, 6.07) is 11.2. The summed E-state index contributed by atoms with van der Waals surface area (Å²) in [5.74, 6) is -0.226. The topological polar surface area (TPSA) is 89.3 Å². The van der Waals surface area contributed by atoms with Crippen molar-refractivity contribution in [1.29, 1.82) is 0 Å². The average Bonchev–Trinajstić information content (AvgIpc) is 2.64. The number of aromatic nitrogens is 2. The van der Waals surface area contributed by atoms with Gasteiger partial charge < -0.3 is 4.90 Å². The Morgan fingerprint density at radius 2 is 1.76 bits per heavy atom. The molecule has 1 aromatic carbocycles. The van der Waals surface area contributed by atoms with Gasteiger partial charge in [-0.25, -0.2) is 13.1 Å². The van der Waals surface area contributed by atoms with E-state index in [0.717, 1.165) is 4.68 Å². The van der Waals surface area contributed by atoms with E-state index >= 15 is 0 Å². The third-order valence-electron chi connectivity index (χ3n) is 4.38. The molecule has 0 spiro atoms. The van der Waals surface area contributed by atoms with Crippen LogP contribution >= 0.6 is 0 Å². The second kappa shape index (κ2) is 7.18. The van der Waals surface area contributed by atoms with Gasteiger partial charge in [-0.15, -0.1) is 0 Å². The number of benzene rings is 1. The van der Waals surface area contributed by atoms with Gasteiger partial charge >= 0.3 is 0 Å². The van der Waals surface area contributed by atoms with E-state index in [2.05, 4.69) is 5.10 Å². The van der Waals surface area contributed by atoms with Crippen LogP contribution in [0.3, 0.4) is 0 Å². The number of nitrogens with zero attached hydrogens (tertiary/aromatic N) is 3. The molecule has 1 aromatic heterocycles. The molecule has 0 saturated carbocycles. The first-order valence-electron chi connectivity index (χ1n) is 8.07. The maximum atomic E-state index is 12.6.